The first kappa shape index (κ1) is 20.7. The lowest BCUT2D eigenvalue weighted by atomic mass is 10.3. The molecule has 0 fully saturated rings. The van der Waals surface area contributed by atoms with Crippen LogP contribution >= 0.6 is 87.1 Å². The van der Waals surface area contributed by atoms with Crippen LogP contribution in [0.25, 0.3) is 20.8 Å². The van der Waals surface area contributed by atoms with E-state index in [0.29, 0.717) is 5.82 Å². The van der Waals surface area contributed by atoms with E-state index in [4.69, 9.17) is 4.74 Å². The normalized spacial score (nSPS) is 12.4. The molecule has 2 aromatic heterocycles. The first-order valence-corrected chi connectivity index (χ1v) is 10.6. The number of thiol groups is 6. The number of fused-ring (bicyclic) bond motifs is 1. The van der Waals surface area contributed by atoms with E-state index in [1.54, 1.807) is 30.7 Å². The van der Waals surface area contributed by atoms with Gasteiger partial charge in [-0.25, -0.2) is 9.97 Å². The summed E-state index contributed by atoms with van der Waals surface area (Å²) in [4.78, 5) is 10.7. The number of anilines is 1. The van der Waals surface area contributed by atoms with Crippen molar-refractivity contribution < 1.29 is 4.74 Å². The molecule has 0 bridgehead atoms. The van der Waals surface area contributed by atoms with Crippen molar-refractivity contribution in [3.8, 4) is 16.3 Å². The van der Waals surface area contributed by atoms with Crippen molar-refractivity contribution in [3.05, 3.63) is 36.5 Å². The number of aromatic nitrogens is 2. The summed E-state index contributed by atoms with van der Waals surface area (Å²) in [5, 5.41) is 0.863. The topological polar surface area (TPSA) is 38.2 Å². The van der Waals surface area contributed by atoms with Gasteiger partial charge in [0, 0.05) is 11.8 Å². The summed E-state index contributed by atoms with van der Waals surface area (Å²) in [6, 6.07) is 9.51. The SMILES string of the molecule is COc1ccc2nc(-c3ccc(N(C(S)(S)S)C(S)(S)S)nc3)sc2c1. The zero-order chi connectivity index (χ0) is 19.1. The Balaban J connectivity index is 1.96. The van der Waals surface area contributed by atoms with Gasteiger partial charge in [-0.3, -0.25) is 4.90 Å². The summed E-state index contributed by atoms with van der Waals surface area (Å²) in [5.74, 6) is 1.33. The highest BCUT2D eigenvalue weighted by molar-refractivity contribution is 8.19. The second kappa shape index (κ2) is 7.76. The van der Waals surface area contributed by atoms with E-state index >= 15 is 0 Å². The van der Waals surface area contributed by atoms with Crippen LogP contribution in [0.4, 0.5) is 5.82 Å². The Kier molecular flexibility index (Phi) is 6.18. The molecule has 3 rings (SSSR count). The van der Waals surface area contributed by atoms with Crippen LogP contribution in [0.15, 0.2) is 36.5 Å². The van der Waals surface area contributed by atoms with Crippen LogP contribution in [0.5, 0.6) is 5.75 Å². The lowest BCUT2D eigenvalue weighted by Gasteiger charge is -2.41. The number of rotatable bonds is 5. The standard InChI is InChI=1S/C15H15N3OS7/c1-19-9-3-4-10-11(6-9)26-13(17-10)8-2-5-12(16-7-8)18(14(20,21)22)15(23,24)25/h2-7,20-25H,1H3. The molecule has 0 radical (unpaired) electrons. The summed E-state index contributed by atoms with van der Waals surface area (Å²) in [6.07, 6.45) is 1.72. The van der Waals surface area contributed by atoms with Crippen LogP contribution < -0.4 is 9.64 Å². The summed E-state index contributed by atoms with van der Waals surface area (Å²) in [5.41, 5.74) is 1.80. The number of methoxy groups -OCH3 is 1. The Morgan fingerprint density at radius 1 is 1.00 bits per heavy atom. The van der Waals surface area contributed by atoms with Crippen LogP contribution in [0, 0.1) is 0 Å². The fraction of sp³-hybridized carbons (Fsp3) is 0.200. The summed E-state index contributed by atoms with van der Waals surface area (Å²) >= 11 is 27.7. The number of thiazole rings is 1. The number of hydrogen-bond acceptors (Lipinski definition) is 11. The van der Waals surface area contributed by atoms with E-state index in [9.17, 15) is 0 Å². The van der Waals surface area contributed by atoms with E-state index in [0.717, 1.165) is 26.5 Å². The average Bonchev–Trinajstić information content (AvgIpc) is 2.95. The number of pyridine rings is 1. The molecule has 0 saturated carbocycles. The molecular formula is C15H15N3OS7. The molecule has 0 amide bonds. The van der Waals surface area contributed by atoms with Crippen molar-refractivity contribution in [3.63, 3.8) is 0 Å². The molecule has 3 aromatic rings. The van der Waals surface area contributed by atoms with Gasteiger partial charge in [-0.05, 0) is 30.3 Å². The number of hydrogen-bond donors (Lipinski definition) is 6. The first-order chi connectivity index (χ1) is 12.1. The molecule has 1 aromatic carbocycles. The monoisotopic (exact) mass is 477 g/mol. The third kappa shape index (κ3) is 4.50. The van der Waals surface area contributed by atoms with E-state index in [1.807, 2.05) is 24.3 Å². The van der Waals surface area contributed by atoms with Gasteiger partial charge in [0.2, 0.25) is 0 Å². The van der Waals surface area contributed by atoms with Crippen LogP contribution in [0.1, 0.15) is 0 Å². The lowest BCUT2D eigenvalue weighted by Crippen LogP contribution is -2.45. The van der Waals surface area contributed by atoms with Gasteiger partial charge in [0.15, 0.2) is 7.07 Å². The maximum Gasteiger partial charge on any atom is 0.176 e. The smallest absolute Gasteiger partial charge is 0.176 e. The van der Waals surface area contributed by atoms with Gasteiger partial charge in [-0.2, -0.15) is 0 Å². The Bertz CT molecular complexity index is 902. The molecule has 2 heterocycles. The third-order valence-corrected chi connectivity index (χ3v) is 5.69. The van der Waals surface area contributed by atoms with Gasteiger partial charge in [0.1, 0.15) is 16.6 Å². The second-order valence-electron chi connectivity index (χ2n) is 5.29. The summed E-state index contributed by atoms with van der Waals surface area (Å²) < 4.78 is 3.99. The molecule has 138 valence electrons. The van der Waals surface area contributed by atoms with Crippen molar-refractivity contribution in [2.75, 3.05) is 12.0 Å². The van der Waals surface area contributed by atoms with Gasteiger partial charge in [0.05, 0.1) is 17.3 Å². The largest absolute Gasteiger partial charge is 0.497 e. The average molecular weight is 478 g/mol. The zero-order valence-corrected chi connectivity index (χ0v) is 19.5. The van der Waals surface area contributed by atoms with Gasteiger partial charge in [0.25, 0.3) is 0 Å². The van der Waals surface area contributed by atoms with Crippen molar-refractivity contribution in [1.82, 2.24) is 9.97 Å². The molecular weight excluding hydrogens is 463 g/mol. The first-order valence-electron chi connectivity index (χ1n) is 7.15. The molecule has 0 unspecified atom stereocenters. The molecule has 26 heavy (non-hydrogen) atoms. The van der Waals surface area contributed by atoms with Crippen molar-refractivity contribution in [2.24, 2.45) is 0 Å². The molecule has 0 saturated heterocycles. The van der Waals surface area contributed by atoms with Gasteiger partial charge < -0.3 is 4.74 Å². The van der Waals surface area contributed by atoms with Crippen molar-refractivity contribution in [2.45, 2.75) is 7.07 Å². The Labute approximate surface area is 188 Å². The fourth-order valence-corrected chi connectivity index (χ4v) is 5.52. The van der Waals surface area contributed by atoms with Gasteiger partial charge in [-0.15, -0.1) is 87.1 Å². The predicted molar refractivity (Wildman–Crippen MR) is 131 cm³/mol. The summed E-state index contributed by atoms with van der Waals surface area (Å²) in [7, 11) is 1.65. The minimum absolute atomic E-state index is 0.525. The van der Waals surface area contributed by atoms with Gasteiger partial charge >= 0.3 is 0 Å². The van der Waals surface area contributed by atoms with E-state index < -0.39 is 7.07 Å². The number of benzene rings is 1. The molecule has 0 spiro atoms. The second-order valence-corrected chi connectivity index (χ2v) is 12.3. The van der Waals surface area contributed by atoms with Crippen molar-refractivity contribution >= 4 is 103 Å². The predicted octanol–water partition coefficient (Wildman–Crippen LogP) is 4.97. The molecule has 0 aliphatic rings. The number of nitrogens with zero attached hydrogens (tertiary/aromatic N) is 3. The number of ether oxygens (including phenoxy) is 1. The molecule has 0 aliphatic heterocycles. The Hall–Kier alpha value is -0.0400. The van der Waals surface area contributed by atoms with Crippen LogP contribution in [-0.4, -0.2) is 24.1 Å². The van der Waals surface area contributed by atoms with E-state index in [-0.39, 0.29) is 0 Å². The third-order valence-electron chi connectivity index (χ3n) is 3.42. The molecule has 11 heteroatoms. The highest BCUT2D eigenvalue weighted by Gasteiger charge is 2.37. The van der Waals surface area contributed by atoms with Crippen LogP contribution in [0.3, 0.4) is 0 Å². The Morgan fingerprint density at radius 3 is 2.23 bits per heavy atom. The fourth-order valence-electron chi connectivity index (χ4n) is 2.31. The highest BCUT2D eigenvalue weighted by atomic mass is 32.2. The van der Waals surface area contributed by atoms with E-state index in [2.05, 4.69) is 85.7 Å². The molecule has 4 nitrogen and oxygen atoms in total. The minimum atomic E-state index is -1.16. The maximum absolute atomic E-state index is 5.26. The van der Waals surface area contributed by atoms with Crippen LogP contribution in [-0.2, 0) is 0 Å². The molecule has 0 atom stereocenters. The highest BCUT2D eigenvalue weighted by Crippen LogP contribution is 2.44. The molecule has 0 aliphatic carbocycles. The summed E-state index contributed by atoms with van der Waals surface area (Å²) in [6.45, 7) is 0. The quantitative estimate of drug-likeness (QED) is 0.232. The Morgan fingerprint density at radius 2 is 1.69 bits per heavy atom. The van der Waals surface area contributed by atoms with Gasteiger partial charge in [-0.1, -0.05) is 0 Å². The minimum Gasteiger partial charge on any atom is -0.497 e. The van der Waals surface area contributed by atoms with Crippen molar-refractivity contribution in [1.29, 1.82) is 0 Å². The van der Waals surface area contributed by atoms with E-state index in [1.165, 1.54) is 4.90 Å². The molecule has 0 N–H and O–H groups in total. The zero-order valence-electron chi connectivity index (χ0n) is 13.3. The van der Waals surface area contributed by atoms with Crippen LogP contribution in [0.2, 0.25) is 0 Å². The lowest BCUT2D eigenvalue weighted by molar-refractivity contribution is 0.415. The maximum atomic E-state index is 5.26.